The quantitative estimate of drug-likeness (QED) is 0.480. The van der Waals surface area contributed by atoms with Crippen molar-refractivity contribution in [1.29, 1.82) is 0 Å². The topological polar surface area (TPSA) is 117 Å². The molecule has 1 aliphatic heterocycles. The standard InChI is InChI=1S/C24H39NO8/c1-14(2)20(26)32-19-15(3)31-22(28)18(25-23(29)33-24(4,5)6)13-30-21(27)17(19)12-16-10-8-7-9-11-16/h14-19H,7-13H2,1-6H3,(H,25,29). The molecule has 9 heteroatoms. The summed E-state index contributed by atoms with van der Waals surface area (Å²) >= 11 is 0. The van der Waals surface area contributed by atoms with E-state index in [1.807, 2.05) is 0 Å². The van der Waals surface area contributed by atoms with Gasteiger partial charge in [-0.15, -0.1) is 0 Å². The molecule has 1 saturated heterocycles. The van der Waals surface area contributed by atoms with Crippen molar-refractivity contribution in [2.75, 3.05) is 6.61 Å². The van der Waals surface area contributed by atoms with Crippen LogP contribution in [-0.4, -0.2) is 54.5 Å². The van der Waals surface area contributed by atoms with Gasteiger partial charge in [0.05, 0.1) is 11.8 Å². The molecule has 33 heavy (non-hydrogen) atoms. The molecule has 0 bridgehead atoms. The molecule has 0 spiro atoms. The summed E-state index contributed by atoms with van der Waals surface area (Å²) in [7, 11) is 0. The Hall–Kier alpha value is -2.32. The fourth-order valence-electron chi connectivity index (χ4n) is 4.15. The lowest BCUT2D eigenvalue weighted by Gasteiger charge is -2.32. The van der Waals surface area contributed by atoms with Crippen LogP contribution < -0.4 is 5.32 Å². The summed E-state index contributed by atoms with van der Waals surface area (Å²) in [5.74, 6) is -2.71. The molecule has 0 aromatic heterocycles. The number of esters is 3. The second-order valence-electron chi connectivity index (χ2n) is 10.4. The Morgan fingerprint density at radius 1 is 1.09 bits per heavy atom. The van der Waals surface area contributed by atoms with Gasteiger partial charge in [-0.05, 0) is 40.0 Å². The number of carbonyl (C=O) groups is 4. The fraction of sp³-hybridized carbons (Fsp3) is 0.833. The molecule has 1 N–H and O–H groups in total. The van der Waals surface area contributed by atoms with Gasteiger partial charge in [0, 0.05) is 0 Å². The molecular weight excluding hydrogens is 430 g/mol. The summed E-state index contributed by atoms with van der Waals surface area (Å²) < 4.78 is 21.9. The summed E-state index contributed by atoms with van der Waals surface area (Å²) in [6, 6.07) is -1.24. The van der Waals surface area contributed by atoms with Crippen LogP contribution in [0.25, 0.3) is 0 Å². The predicted octanol–water partition coefficient (Wildman–Crippen LogP) is 3.52. The van der Waals surface area contributed by atoms with Crippen molar-refractivity contribution in [1.82, 2.24) is 5.32 Å². The van der Waals surface area contributed by atoms with Crippen molar-refractivity contribution in [3.05, 3.63) is 0 Å². The van der Waals surface area contributed by atoms with E-state index in [2.05, 4.69) is 5.32 Å². The Morgan fingerprint density at radius 3 is 2.30 bits per heavy atom. The number of carbonyl (C=O) groups excluding carboxylic acids is 4. The number of ether oxygens (including phenoxy) is 4. The zero-order chi connectivity index (χ0) is 24.8. The molecule has 9 nitrogen and oxygen atoms in total. The third kappa shape index (κ3) is 8.51. The molecule has 1 saturated carbocycles. The highest BCUT2D eigenvalue weighted by atomic mass is 16.6. The molecule has 4 unspecified atom stereocenters. The van der Waals surface area contributed by atoms with E-state index in [0.717, 1.165) is 25.7 Å². The first-order valence-corrected chi connectivity index (χ1v) is 11.9. The zero-order valence-electron chi connectivity index (χ0n) is 20.7. The Kier molecular flexibility index (Phi) is 9.55. The van der Waals surface area contributed by atoms with Gasteiger partial charge in [-0.3, -0.25) is 9.59 Å². The summed E-state index contributed by atoms with van der Waals surface area (Å²) in [6.45, 7) is 9.68. The molecular formula is C24H39NO8. The van der Waals surface area contributed by atoms with Gasteiger partial charge < -0.3 is 24.3 Å². The van der Waals surface area contributed by atoms with E-state index in [1.54, 1.807) is 41.5 Å². The summed E-state index contributed by atoms with van der Waals surface area (Å²) in [5.41, 5.74) is -0.766. The highest BCUT2D eigenvalue weighted by Gasteiger charge is 2.43. The average molecular weight is 470 g/mol. The maximum atomic E-state index is 13.1. The normalized spacial score (nSPS) is 27.5. The van der Waals surface area contributed by atoms with Crippen molar-refractivity contribution in [2.24, 2.45) is 17.8 Å². The molecule has 188 valence electrons. The van der Waals surface area contributed by atoms with Crippen molar-refractivity contribution >= 4 is 24.0 Å². The number of amides is 1. The third-order valence-electron chi connectivity index (χ3n) is 5.87. The lowest BCUT2D eigenvalue weighted by atomic mass is 9.80. The molecule has 4 atom stereocenters. The highest BCUT2D eigenvalue weighted by molar-refractivity contribution is 5.83. The van der Waals surface area contributed by atoms with Crippen LogP contribution in [0, 0.1) is 17.8 Å². The van der Waals surface area contributed by atoms with Crippen LogP contribution in [0.1, 0.15) is 80.1 Å². The Labute approximate surface area is 196 Å². The molecule has 1 aliphatic carbocycles. The van der Waals surface area contributed by atoms with Crippen molar-refractivity contribution in [3.63, 3.8) is 0 Å². The predicted molar refractivity (Wildman–Crippen MR) is 119 cm³/mol. The number of hydrogen-bond acceptors (Lipinski definition) is 8. The average Bonchev–Trinajstić information content (AvgIpc) is 2.74. The minimum absolute atomic E-state index is 0.302. The van der Waals surface area contributed by atoms with Crippen LogP contribution in [0.2, 0.25) is 0 Å². The smallest absolute Gasteiger partial charge is 0.408 e. The van der Waals surface area contributed by atoms with Crippen molar-refractivity contribution in [2.45, 2.75) is 104 Å². The van der Waals surface area contributed by atoms with Crippen LogP contribution in [0.3, 0.4) is 0 Å². The maximum Gasteiger partial charge on any atom is 0.408 e. The van der Waals surface area contributed by atoms with Crippen LogP contribution in [0.15, 0.2) is 0 Å². The maximum absolute atomic E-state index is 13.1. The van der Waals surface area contributed by atoms with Gasteiger partial charge in [0.1, 0.15) is 18.3 Å². The monoisotopic (exact) mass is 469 g/mol. The number of nitrogens with one attached hydrogen (secondary N) is 1. The van der Waals surface area contributed by atoms with E-state index in [-0.39, 0.29) is 0 Å². The summed E-state index contributed by atoms with van der Waals surface area (Å²) in [4.78, 5) is 50.5. The molecule has 1 amide bonds. The number of rotatable bonds is 5. The lowest BCUT2D eigenvalue weighted by Crippen LogP contribution is -2.48. The van der Waals surface area contributed by atoms with Crippen LogP contribution >= 0.6 is 0 Å². The minimum Gasteiger partial charge on any atom is -0.463 e. The highest BCUT2D eigenvalue weighted by Crippen LogP contribution is 2.33. The molecule has 2 rings (SSSR count). The first-order chi connectivity index (χ1) is 15.4. The SMILES string of the molecule is CC(C)C(=O)OC1C(C)OC(=O)C(NC(=O)OC(C)(C)C)COC(=O)C1CC1CCCCC1. The number of cyclic esters (lactones) is 2. The van der Waals surface area contributed by atoms with Crippen LogP contribution in [0.5, 0.6) is 0 Å². The Bertz CT molecular complexity index is 708. The second-order valence-corrected chi connectivity index (χ2v) is 10.4. The van der Waals surface area contributed by atoms with Crippen molar-refractivity contribution in [3.8, 4) is 0 Å². The van der Waals surface area contributed by atoms with Crippen LogP contribution in [0.4, 0.5) is 4.79 Å². The van der Waals surface area contributed by atoms with E-state index >= 15 is 0 Å². The minimum atomic E-state index is -1.24. The van der Waals surface area contributed by atoms with Crippen molar-refractivity contribution < 1.29 is 38.1 Å². The molecule has 2 aliphatic rings. The van der Waals surface area contributed by atoms with E-state index in [4.69, 9.17) is 18.9 Å². The number of hydrogen-bond donors (Lipinski definition) is 1. The van der Waals surface area contributed by atoms with Gasteiger partial charge in [0.15, 0.2) is 12.1 Å². The van der Waals surface area contributed by atoms with E-state index in [1.165, 1.54) is 6.42 Å². The Morgan fingerprint density at radius 2 is 1.73 bits per heavy atom. The largest absolute Gasteiger partial charge is 0.463 e. The van der Waals surface area contributed by atoms with E-state index in [9.17, 15) is 19.2 Å². The molecule has 0 radical (unpaired) electrons. The van der Waals surface area contributed by atoms with Gasteiger partial charge in [0.25, 0.3) is 0 Å². The molecule has 0 aromatic rings. The Balaban J connectivity index is 2.24. The van der Waals surface area contributed by atoms with Crippen LogP contribution in [-0.2, 0) is 33.3 Å². The zero-order valence-corrected chi connectivity index (χ0v) is 20.7. The van der Waals surface area contributed by atoms with Gasteiger partial charge in [-0.25, -0.2) is 9.59 Å². The summed E-state index contributed by atoms with van der Waals surface area (Å²) in [6.07, 6.45) is 3.13. The molecule has 1 heterocycles. The van der Waals surface area contributed by atoms with Gasteiger partial charge in [-0.2, -0.15) is 0 Å². The fourth-order valence-corrected chi connectivity index (χ4v) is 4.15. The van der Waals surface area contributed by atoms with Gasteiger partial charge in [0.2, 0.25) is 0 Å². The first kappa shape index (κ1) is 26.9. The first-order valence-electron chi connectivity index (χ1n) is 11.9. The van der Waals surface area contributed by atoms with E-state index in [0.29, 0.717) is 12.3 Å². The third-order valence-corrected chi connectivity index (χ3v) is 5.87. The molecule has 2 fully saturated rings. The van der Waals surface area contributed by atoms with E-state index < -0.39 is 66.3 Å². The summed E-state index contributed by atoms with van der Waals surface area (Å²) in [5, 5.41) is 2.41. The number of alkyl carbamates (subject to hydrolysis) is 1. The van der Waals surface area contributed by atoms with Gasteiger partial charge >= 0.3 is 24.0 Å². The second kappa shape index (κ2) is 11.7. The lowest BCUT2D eigenvalue weighted by molar-refractivity contribution is -0.177. The molecule has 0 aromatic carbocycles. The van der Waals surface area contributed by atoms with Gasteiger partial charge in [-0.1, -0.05) is 46.0 Å².